The molecule has 56 heavy (non-hydrogen) atoms. The standard InChI is InChI=1S/C41H50ClN7O6S/c1-47-40(50)23-33(26-45-47)55-39-22-32(48-18-13-29(14-19-48)27-49-17-3-2-4-38(49)30-5-7-31(42)8-6-30)9-11-35(39)41(51)46-56(52,53)34-10-12-37(36(43)24-34)44-25-28-15-20-54-21-16-28/h5-12,22-24,26,28-29,38,44H,2-4,13-21,25,27,43H2,1H3,(H,46,51)/p+1. The molecule has 1 amide bonds. The van der Waals surface area contributed by atoms with E-state index in [-0.39, 0.29) is 22.0 Å². The molecule has 0 saturated carbocycles. The summed E-state index contributed by atoms with van der Waals surface area (Å²) in [6.07, 6.45) is 8.87. The number of carbonyl (C=O) groups is 1. The van der Waals surface area contributed by atoms with Crippen molar-refractivity contribution in [2.24, 2.45) is 18.9 Å². The van der Waals surface area contributed by atoms with E-state index in [2.05, 4.69) is 42.8 Å². The molecule has 4 heterocycles. The molecule has 3 aliphatic rings. The van der Waals surface area contributed by atoms with Crippen molar-refractivity contribution in [2.45, 2.75) is 55.9 Å². The first-order valence-electron chi connectivity index (χ1n) is 19.5. The molecule has 0 aliphatic carbocycles. The average molecular weight is 805 g/mol. The molecular weight excluding hydrogens is 754 g/mol. The van der Waals surface area contributed by atoms with Gasteiger partial charge in [-0.3, -0.25) is 14.5 Å². The van der Waals surface area contributed by atoms with Gasteiger partial charge in [0, 0.05) is 81.4 Å². The Morgan fingerprint density at radius 1 is 0.946 bits per heavy atom. The Hall–Kier alpha value is -4.47. The maximum Gasteiger partial charge on any atom is 0.270 e. The van der Waals surface area contributed by atoms with E-state index in [4.69, 9.17) is 21.1 Å². The molecule has 5 N–H and O–H groups in total. The van der Waals surface area contributed by atoms with E-state index in [1.54, 1.807) is 18.2 Å². The van der Waals surface area contributed by atoms with Crippen LogP contribution in [0.1, 0.15) is 66.9 Å². The molecule has 4 aromatic rings. The zero-order chi connectivity index (χ0) is 39.2. The number of amides is 1. The van der Waals surface area contributed by atoms with Gasteiger partial charge in [-0.1, -0.05) is 30.2 Å². The number of hydrogen-bond acceptors (Lipinski definition) is 10. The molecule has 3 saturated heterocycles. The van der Waals surface area contributed by atoms with Gasteiger partial charge in [0.1, 0.15) is 5.75 Å². The molecule has 15 heteroatoms. The number of carbonyl (C=O) groups excluding carboxylic acids is 1. The summed E-state index contributed by atoms with van der Waals surface area (Å²) in [5.41, 5.74) is 7.03. The number of likely N-dealkylation sites (tertiary alicyclic amines) is 1. The maximum absolute atomic E-state index is 13.7. The number of hydrogen-bond donors (Lipinski definition) is 3. The smallest absolute Gasteiger partial charge is 0.270 e. The van der Waals surface area contributed by atoms with Crippen LogP contribution in [0.4, 0.5) is 17.1 Å². The van der Waals surface area contributed by atoms with Gasteiger partial charge in [0.15, 0.2) is 11.4 Å². The maximum atomic E-state index is 13.7. The summed E-state index contributed by atoms with van der Waals surface area (Å²) in [7, 11) is -2.76. The molecule has 0 spiro atoms. The van der Waals surface area contributed by atoms with Gasteiger partial charge in [0.25, 0.3) is 21.5 Å². The van der Waals surface area contributed by atoms with E-state index in [0.29, 0.717) is 23.6 Å². The Balaban J connectivity index is 1.04. The topological polar surface area (TPSA) is 163 Å². The number of rotatable bonds is 12. The van der Waals surface area contributed by atoms with Crippen molar-refractivity contribution in [1.29, 1.82) is 0 Å². The molecule has 1 atom stereocenters. The molecule has 3 aromatic carbocycles. The lowest BCUT2D eigenvalue weighted by atomic mass is 9.91. The SMILES string of the molecule is Cn1ncc(Oc2cc(N3CCC(CN4CCCCC4c4ccc(Cl)cc4)CC3)ccc2C(=O)NS(=O)(=O)c2ccc(NCC3CCOCC3)c([NH3+])c2)cc1=O. The number of quaternary nitrogens is 1. The van der Waals surface area contributed by atoms with Crippen LogP contribution in [0.2, 0.25) is 5.02 Å². The Labute approximate surface area is 333 Å². The van der Waals surface area contributed by atoms with E-state index in [9.17, 15) is 18.0 Å². The van der Waals surface area contributed by atoms with Crippen LogP contribution in [0, 0.1) is 11.8 Å². The molecule has 7 rings (SSSR count). The van der Waals surface area contributed by atoms with Gasteiger partial charge in [-0.05, 0) is 98.9 Å². The lowest BCUT2D eigenvalue weighted by Gasteiger charge is -2.41. The van der Waals surface area contributed by atoms with Crippen molar-refractivity contribution < 1.29 is 28.4 Å². The fraction of sp³-hybridized carbons (Fsp3) is 0.439. The predicted octanol–water partition coefficient (Wildman–Crippen LogP) is 5.50. The summed E-state index contributed by atoms with van der Waals surface area (Å²) in [5.74, 6) is 0.368. The minimum Gasteiger partial charge on any atom is -0.455 e. The van der Waals surface area contributed by atoms with Gasteiger partial charge in [-0.25, -0.2) is 17.8 Å². The Morgan fingerprint density at radius 2 is 1.71 bits per heavy atom. The Bertz CT molecular complexity index is 2170. The van der Waals surface area contributed by atoms with Crippen LogP contribution >= 0.6 is 11.6 Å². The molecule has 3 fully saturated rings. The molecule has 1 unspecified atom stereocenters. The highest BCUT2D eigenvalue weighted by atomic mass is 35.5. The van der Waals surface area contributed by atoms with E-state index in [1.165, 1.54) is 49.8 Å². The predicted molar refractivity (Wildman–Crippen MR) is 216 cm³/mol. The number of nitrogens with zero attached hydrogens (tertiary/aromatic N) is 4. The Kier molecular flexibility index (Phi) is 12.6. The summed E-state index contributed by atoms with van der Waals surface area (Å²) < 4.78 is 42.0. The minimum atomic E-state index is -4.28. The molecule has 1 aromatic heterocycles. The lowest BCUT2D eigenvalue weighted by Crippen LogP contribution is -2.42. The van der Waals surface area contributed by atoms with E-state index in [0.717, 1.165) is 99.1 Å². The van der Waals surface area contributed by atoms with E-state index >= 15 is 0 Å². The number of benzene rings is 3. The van der Waals surface area contributed by atoms with Crippen molar-refractivity contribution >= 4 is 44.6 Å². The first-order chi connectivity index (χ1) is 27.0. The summed E-state index contributed by atoms with van der Waals surface area (Å²) >= 11 is 6.18. The van der Waals surface area contributed by atoms with Gasteiger partial charge >= 0.3 is 0 Å². The number of piperidine rings is 2. The van der Waals surface area contributed by atoms with Crippen molar-refractivity contribution in [1.82, 2.24) is 19.4 Å². The first-order valence-corrected chi connectivity index (χ1v) is 21.3. The molecule has 0 bridgehead atoms. The van der Waals surface area contributed by atoms with Crippen molar-refractivity contribution in [2.75, 3.05) is 56.2 Å². The van der Waals surface area contributed by atoms with Gasteiger partial charge in [-0.2, -0.15) is 5.10 Å². The monoisotopic (exact) mass is 804 g/mol. The first kappa shape index (κ1) is 39.8. The highest BCUT2D eigenvalue weighted by molar-refractivity contribution is 7.90. The fourth-order valence-corrected chi connectivity index (χ4v) is 9.09. The third-order valence-corrected chi connectivity index (χ3v) is 12.8. The van der Waals surface area contributed by atoms with Crippen molar-refractivity contribution in [3.63, 3.8) is 0 Å². The number of anilines is 2. The van der Waals surface area contributed by atoms with Crippen LogP contribution in [0.25, 0.3) is 0 Å². The van der Waals surface area contributed by atoms with E-state index in [1.807, 2.05) is 18.2 Å². The van der Waals surface area contributed by atoms with Crippen molar-refractivity contribution in [3.8, 4) is 11.5 Å². The Morgan fingerprint density at radius 3 is 2.45 bits per heavy atom. The average Bonchev–Trinajstić information content (AvgIpc) is 3.20. The van der Waals surface area contributed by atoms with Crippen molar-refractivity contribution in [3.05, 3.63) is 99.4 Å². The lowest BCUT2D eigenvalue weighted by molar-refractivity contribution is -0.253. The summed E-state index contributed by atoms with van der Waals surface area (Å²) in [5, 5.41) is 8.17. The molecule has 13 nitrogen and oxygen atoms in total. The van der Waals surface area contributed by atoms with Gasteiger partial charge in [0.2, 0.25) is 0 Å². The fourth-order valence-electron chi connectivity index (χ4n) is 7.94. The van der Waals surface area contributed by atoms with Gasteiger partial charge in [-0.15, -0.1) is 0 Å². The highest BCUT2D eigenvalue weighted by Gasteiger charge is 2.30. The third-order valence-electron chi connectivity index (χ3n) is 11.3. The number of nitrogens with one attached hydrogen (secondary N) is 2. The summed E-state index contributed by atoms with van der Waals surface area (Å²) in [4.78, 5) is 30.9. The number of halogens is 1. The van der Waals surface area contributed by atoms with Crippen LogP contribution in [-0.4, -0.2) is 74.9 Å². The molecular formula is C41H51ClN7O6S+. The third kappa shape index (κ3) is 9.72. The van der Waals surface area contributed by atoms with E-state index < -0.39 is 21.5 Å². The second-order valence-corrected chi connectivity index (χ2v) is 17.2. The second-order valence-electron chi connectivity index (χ2n) is 15.1. The normalized spacial score (nSPS) is 18.8. The van der Waals surface area contributed by atoms with Crippen LogP contribution < -0.4 is 31.0 Å². The van der Waals surface area contributed by atoms with Crippen LogP contribution in [-0.2, 0) is 21.8 Å². The van der Waals surface area contributed by atoms with Crippen LogP contribution in [0.3, 0.4) is 0 Å². The second kappa shape index (κ2) is 17.8. The van der Waals surface area contributed by atoms with Crippen LogP contribution in [0.15, 0.2) is 82.6 Å². The van der Waals surface area contributed by atoms with Gasteiger partial charge in [0.05, 0.1) is 22.3 Å². The number of ether oxygens (including phenoxy) is 2. The summed E-state index contributed by atoms with van der Waals surface area (Å²) in [6, 6.07) is 19.6. The zero-order valence-corrected chi connectivity index (χ0v) is 33.4. The number of aryl methyl sites for hydroxylation is 1. The quantitative estimate of drug-likeness (QED) is 0.167. The molecule has 3 aliphatic heterocycles. The summed E-state index contributed by atoms with van der Waals surface area (Å²) in [6.45, 7) is 5.95. The molecule has 0 radical (unpaired) electrons. The highest BCUT2D eigenvalue weighted by Crippen LogP contribution is 2.36. The number of aromatic nitrogens is 2. The minimum absolute atomic E-state index is 0.00387. The largest absolute Gasteiger partial charge is 0.455 e. The van der Waals surface area contributed by atoms with Crippen LogP contribution in [0.5, 0.6) is 11.5 Å². The number of sulfonamides is 1. The zero-order valence-electron chi connectivity index (χ0n) is 31.8. The van der Waals surface area contributed by atoms with Gasteiger partial charge < -0.3 is 25.4 Å². The molecule has 298 valence electrons.